The van der Waals surface area contributed by atoms with Crippen LogP contribution in [0, 0.1) is 5.82 Å². The van der Waals surface area contributed by atoms with Gasteiger partial charge in [-0.05, 0) is 60.7 Å². The van der Waals surface area contributed by atoms with Crippen molar-refractivity contribution in [2.45, 2.75) is 0 Å². The molecule has 6 nitrogen and oxygen atoms in total. The molecule has 0 saturated heterocycles. The van der Waals surface area contributed by atoms with E-state index in [1.807, 2.05) is 36.4 Å². The third-order valence-electron chi connectivity index (χ3n) is 5.29. The molecule has 7 heteroatoms. The highest BCUT2D eigenvalue weighted by Gasteiger charge is 2.16. The topological polar surface area (TPSA) is 83.1 Å². The fourth-order valence-corrected chi connectivity index (χ4v) is 3.78. The van der Waals surface area contributed by atoms with Crippen LogP contribution in [0.15, 0.2) is 79.3 Å². The van der Waals surface area contributed by atoms with Crippen LogP contribution >= 0.6 is 0 Å². The maximum Gasteiger partial charge on any atom is 0.135 e. The van der Waals surface area contributed by atoms with Gasteiger partial charge >= 0.3 is 0 Å². The lowest BCUT2D eigenvalue weighted by atomic mass is 10.1. The molecule has 148 valence electrons. The number of benzene rings is 1. The molecule has 31 heavy (non-hydrogen) atoms. The first kappa shape index (κ1) is 17.5. The van der Waals surface area contributed by atoms with Gasteiger partial charge in [0.1, 0.15) is 17.0 Å². The van der Waals surface area contributed by atoms with Crippen molar-refractivity contribution in [3.63, 3.8) is 0 Å². The highest BCUT2D eigenvalue weighted by molar-refractivity contribution is 5.99. The van der Waals surface area contributed by atoms with Crippen LogP contribution in [-0.2, 0) is 0 Å². The number of nitrogens with zero attached hydrogens (tertiary/aromatic N) is 4. The van der Waals surface area contributed by atoms with Gasteiger partial charge in [0.2, 0.25) is 0 Å². The molecule has 0 aliphatic heterocycles. The molecule has 0 amide bonds. The van der Waals surface area contributed by atoms with Gasteiger partial charge in [-0.15, -0.1) is 0 Å². The number of fused-ring (bicyclic) bond motifs is 2. The van der Waals surface area contributed by atoms with Gasteiger partial charge in [-0.1, -0.05) is 0 Å². The van der Waals surface area contributed by atoms with E-state index in [1.54, 1.807) is 30.7 Å². The fraction of sp³-hybridized carbons (Fsp3) is 0. The molecule has 5 heterocycles. The van der Waals surface area contributed by atoms with Crippen LogP contribution in [-0.4, -0.2) is 30.1 Å². The molecule has 6 aromatic rings. The molecule has 0 bridgehead atoms. The highest BCUT2D eigenvalue weighted by atomic mass is 19.1. The summed E-state index contributed by atoms with van der Waals surface area (Å²) in [7, 11) is 0. The summed E-state index contributed by atoms with van der Waals surface area (Å²) < 4.78 is 13.4. The SMILES string of the molecule is Fc1ccc(-c2nccc3[nH]c(-c4n[nH]c5ccc(-c6cccnc6)nc45)cc23)cc1. The molecule has 0 atom stereocenters. The zero-order valence-corrected chi connectivity index (χ0v) is 16.2. The number of aromatic amines is 2. The largest absolute Gasteiger partial charge is 0.353 e. The maximum atomic E-state index is 13.4. The highest BCUT2D eigenvalue weighted by Crippen LogP contribution is 2.33. The average molecular weight is 406 g/mol. The third kappa shape index (κ3) is 2.95. The molecule has 1 aromatic carbocycles. The second kappa shape index (κ2) is 6.84. The summed E-state index contributed by atoms with van der Waals surface area (Å²) in [5.41, 5.74) is 7.48. The van der Waals surface area contributed by atoms with E-state index in [2.05, 4.69) is 25.1 Å². The zero-order valence-electron chi connectivity index (χ0n) is 16.2. The zero-order chi connectivity index (χ0) is 20.8. The number of nitrogens with one attached hydrogen (secondary N) is 2. The number of halogens is 1. The first-order valence-corrected chi connectivity index (χ1v) is 9.76. The Balaban J connectivity index is 1.51. The number of pyridine rings is 3. The molecule has 0 aliphatic carbocycles. The van der Waals surface area contributed by atoms with Crippen molar-refractivity contribution in [3.8, 4) is 33.9 Å². The molecule has 0 fully saturated rings. The van der Waals surface area contributed by atoms with Gasteiger partial charge in [-0.3, -0.25) is 15.1 Å². The first-order valence-electron chi connectivity index (χ1n) is 9.76. The average Bonchev–Trinajstić information content (AvgIpc) is 3.43. The second-order valence-electron chi connectivity index (χ2n) is 7.22. The molecule has 5 aromatic heterocycles. The number of rotatable bonds is 3. The third-order valence-corrected chi connectivity index (χ3v) is 5.29. The molecule has 0 unspecified atom stereocenters. The Labute approximate surface area is 175 Å². The summed E-state index contributed by atoms with van der Waals surface area (Å²) in [6.45, 7) is 0. The Morgan fingerprint density at radius 2 is 1.71 bits per heavy atom. The van der Waals surface area contributed by atoms with Gasteiger partial charge in [0.25, 0.3) is 0 Å². The lowest BCUT2D eigenvalue weighted by Gasteiger charge is -2.02. The normalized spacial score (nSPS) is 11.4. The van der Waals surface area contributed by atoms with Gasteiger partial charge < -0.3 is 4.98 Å². The Bertz CT molecular complexity index is 1530. The van der Waals surface area contributed by atoms with E-state index < -0.39 is 0 Å². The molecule has 0 aliphatic rings. The summed E-state index contributed by atoms with van der Waals surface area (Å²) in [5, 5.41) is 8.50. The monoisotopic (exact) mass is 406 g/mol. The molecular weight excluding hydrogens is 391 g/mol. The Morgan fingerprint density at radius 3 is 2.55 bits per heavy atom. The Hall–Kier alpha value is -4.39. The minimum Gasteiger partial charge on any atom is -0.353 e. The molecule has 0 radical (unpaired) electrons. The smallest absolute Gasteiger partial charge is 0.135 e. The van der Waals surface area contributed by atoms with E-state index in [4.69, 9.17) is 4.98 Å². The van der Waals surface area contributed by atoms with Crippen molar-refractivity contribution < 1.29 is 4.39 Å². The quantitative estimate of drug-likeness (QED) is 0.414. The van der Waals surface area contributed by atoms with Gasteiger partial charge in [0, 0.05) is 40.6 Å². The van der Waals surface area contributed by atoms with Gasteiger partial charge in [-0.25, -0.2) is 9.37 Å². The van der Waals surface area contributed by atoms with Crippen molar-refractivity contribution in [2.75, 3.05) is 0 Å². The molecule has 2 N–H and O–H groups in total. The van der Waals surface area contributed by atoms with E-state index in [1.165, 1.54) is 12.1 Å². The van der Waals surface area contributed by atoms with Crippen LogP contribution < -0.4 is 0 Å². The minimum absolute atomic E-state index is 0.274. The van der Waals surface area contributed by atoms with Crippen molar-refractivity contribution >= 4 is 21.9 Å². The van der Waals surface area contributed by atoms with Gasteiger partial charge in [0.15, 0.2) is 0 Å². The molecular formula is C24H15FN6. The van der Waals surface area contributed by atoms with Crippen LogP contribution in [0.4, 0.5) is 4.39 Å². The summed E-state index contributed by atoms with van der Waals surface area (Å²) in [4.78, 5) is 17.0. The van der Waals surface area contributed by atoms with Gasteiger partial charge in [0.05, 0.1) is 22.6 Å². The van der Waals surface area contributed by atoms with Crippen LogP contribution in [0.2, 0.25) is 0 Å². The standard InChI is InChI=1S/C24H15FN6/c25-16-5-3-14(4-6-16)22-17-12-21(28-19(17)9-11-27-22)24-23-20(30-31-24)8-7-18(29-23)15-2-1-10-26-13-15/h1-13,28H,(H,30,31). The lowest BCUT2D eigenvalue weighted by Crippen LogP contribution is -1.86. The number of aromatic nitrogens is 6. The van der Waals surface area contributed by atoms with Crippen LogP contribution in [0.25, 0.3) is 55.8 Å². The van der Waals surface area contributed by atoms with Crippen molar-refractivity contribution in [2.24, 2.45) is 0 Å². The van der Waals surface area contributed by atoms with Crippen LogP contribution in [0.1, 0.15) is 0 Å². The number of H-pyrrole nitrogens is 2. The Kier molecular flexibility index (Phi) is 3.86. The summed E-state index contributed by atoms with van der Waals surface area (Å²) in [6.07, 6.45) is 5.27. The predicted octanol–water partition coefficient (Wildman–Crippen LogP) is 5.37. The number of hydrogen-bond acceptors (Lipinski definition) is 4. The van der Waals surface area contributed by atoms with Crippen molar-refractivity contribution in [1.29, 1.82) is 0 Å². The van der Waals surface area contributed by atoms with E-state index in [0.29, 0.717) is 0 Å². The van der Waals surface area contributed by atoms with Crippen LogP contribution in [0.3, 0.4) is 0 Å². The van der Waals surface area contributed by atoms with E-state index in [-0.39, 0.29) is 5.82 Å². The second-order valence-corrected chi connectivity index (χ2v) is 7.22. The van der Waals surface area contributed by atoms with E-state index in [0.717, 1.165) is 55.8 Å². The summed E-state index contributed by atoms with van der Waals surface area (Å²) >= 11 is 0. The fourth-order valence-electron chi connectivity index (χ4n) is 3.78. The number of hydrogen-bond donors (Lipinski definition) is 2. The molecule has 0 spiro atoms. The first-order chi connectivity index (χ1) is 15.3. The minimum atomic E-state index is -0.274. The van der Waals surface area contributed by atoms with Crippen LogP contribution in [0.5, 0.6) is 0 Å². The molecule has 0 saturated carbocycles. The Morgan fingerprint density at radius 1 is 0.806 bits per heavy atom. The van der Waals surface area contributed by atoms with E-state index in [9.17, 15) is 4.39 Å². The predicted molar refractivity (Wildman–Crippen MR) is 118 cm³/mol. The maximum absolute atomic E-state index is 13.4. The summed E-state index contributed by atoms with van der Waals surface area (Å²) in [5.74, 6) is -0.274. The van der Waals surface area contributed by atoms with Gasteiger partial charge in [-0.2, -0.15) is 5.10 Å². The lowest BCUT2D eigenvalue weighted by molar-refractivity contribution is 0.628. The molecule has 6 rings (SSSR count). The van der Waals surface area contributed by atoms with Crippen molar-refractivity contribution in [3.05, 3.63) is 85.1 Å². The van der Waals surface area contributed by atoms with E-state index >= 15 is 0 Å². The van der Waals surface area contributed by atoms with Crippen molar-refractivity contribution in [1.82, 2.24) is 30.1 Å². The summed E-state index contributed by atoms with van der Waals surface area (Å²) in [6, 6.07) is 18.0.